The van der Waals surface area contributed by atoms with Gasteiger partial charge in [0.2, 0.25) is 5.91 Å². The second-order valence-electron chi connectivity index (χ2n) is 6.55. The molecule has 1 aliphatic heterocycles. The first kappa shape index (κ1) is 17.2. The number of amides is 2. The van der Waals surface area contributed by atoms with Crippen molar-refractivity contribution in [2.45, 2.75) is 13.8 Å². The lowest BCUT2D eigenvalue weighted by Gasteiger charge is -2.31. The zero-order valence-electron chi connectivity index (χ0n) is 14.5. The number of benzene rings is 2. The van der Waals surface area contributed by atoms with Crippen molar-refractivity contribution >= 4 is 23.2 Å². The van der Waals surface area contributed by atoms with Crippen LogP contribution in [-0.2, 0) is 4.79 Å². The summed E-state index contributed by atoms with van der Waals surface area (Å²) in [5, 5.41) is 9.02. The first-order valence-electron chi connectivity index (χ1n) is 8.53. The van der Waals surface area contributed by atoms with Crippen molar-refractivity contribution in [2.24, 2.45) is 11.8 Å². The molecule has 5 heteroatoms. The van der Waals surface area contributed by atoms with Crippen molar-refractivity contribution in [3.8, 4) is 0 Å². The maximum atomic E-state index is 12.4. The molecule has 0 aromatic heterocycles. The number of carbonyl (C=O) groups excluding carboxylic acids is 2. The predicted octanol–water partition coefficient (Wildman–Crippen LogP) is 3.04. The molecule has 1 fully saturated rings. The minimum Gasteiger partial charge on any atom is -0.326 e. The molecule has 1 unspecified atom stereocenters. The number of aryl methyl sites for hydroxylation is 1. The topological polar surface area (TPSA) is 70.2 Å². The van der Waals surface area contributed by atoms with E-state index in [0.29, 0.717) is 17.2 Å². The zero-order valence-corrected chi connectivity index (χ0v) is 14.5. The lowest BCUT2D eigenvalue weighted by Crippen LogP contribution is -2.48. The Morgan fingerprint density at radius 1 is 1.08 bits per heavy atom. The van der Waals surface area contributed by atoms with Gasteiger partial charge >= 0.3 is 0 Å². The van der Waals surface area contributed by atoms with Crippen LogP contribution in [0.1, 0.15) is 22.8 Å². The number of hydrogen-bond donors (Lipinski definition) is 3. The van der Waals surface area contributed by atoms with Gasteiger partial charge in [0.25, 0.3) is 5.91 Å². The van der Waals surface area contributed by atoms with Gasteiger partial charge in [-0.3, -0.25) is 9.59 Å². The molecule has 0 bridgehead atoms. The van der Waals surface area contributed by atoms with Crippen LogP contribution in [0.4, 0.5) is 11.4 Å². The highest BCUT2D eigenvalue weighted by Gasteiger charge is 2.28. The monoisotopic (exact) mass is 337 g/mol. The molecule has 3 N–H and O–H groups in total. The molecule has 0 saturated carbocycles. The molecule has 1 saturated heterocycles. The maximum absolute atomic E-state index is 12.4. The molecule has 2 aromatic rings. The van der Waals surface area contributed by atoms with Crippen molar-refractivity contribution < 1.29 is 9.59 Å². The molecule has 0 spiro atoms. The van der Waals surface area contributed by atoms with Gasteiger partial charge in [0, 0.05) is 22.9 Å². The molecule has 1 aliphatic rings. The third-order valence-electron chi connectivity index (χ3n) is 4.72. The Morgan fingerprint density at radius 2 is 1.80 bits per heavy atom. The normalized spacial score (nSPS) is 15.1. The summed E-state index contributed by atoms with van der Waals surface area (Å²) in [6.07, 6.45) is 0. The summed E-state index contributed by atoms with van der Waals surface area (Å²) in [5.41, 5.74) is 2.88. The molecule has 0 radical (unpaired) electrons. The van der Waals surface area contributed by atoms with Crippen molar-refractivity contribution in [2.75, 3.05) is 23.7 Å². The van der Waals surface area contributed by atoms with Crippen LogP contribution in [0.25, 0.3) is 0 Å². The minimum atomic E-state index is -0.196. The van der Waals surface area contributed by atoms with E-state index in [1.807, 2.05) is 50.2 Å². The van der Waals surface area contributed by atoms with Crippen molar-refractivity contribution in [1.29, 1.82) is 0 Å². The van der Waals surface area contributed by atoms with Crippen molar-refractivity contribution in [3.63, 3.8) is 0 Å². The van der Waals surface area contributed by atoms with E-state index < -0.39 is 0 Å². The molecule has 2 amide bonds. The van der Waals surface area contributed by atoms with Crippen LogP contribution in [-0.4, -0.2) is 24.9 Å². The van der Waals surface area contributed by atoms with Gasteiger partial charge in [0.1, 0.15) is 0 Å². The SMILES string of the molecule is Cc1ccc(C(=O)Nc2ccccc2)cc1NC(=O)C(C)C1CNC1. The molecule has 3 rings (SSSR count). The summed E-state index contributed by atoms with van der Waals surface area (Å²) in [4.78, 5) is 24.9. The largest absolute Gasteiger partial charge is 0.326 e. The van der Waals surface area contributed by atoms with Crippen LogP contribution >= 0.6 is 0 Å². The van der Waals surface area contributed by atoms with Crippen LogP contribution in [0.2, 0.25) is 0 Å². The summed E-state index contributed by atoms with van der Waals surface area (Å²) in [6, 6.07) is 14.7. The Labute approximate surface area is 147 Å². The molecule has 5 nitrogen and oxygen atoms in total. The summed E-state index contributed by atoms with van der Waals surface area (Å²) < 4.78 is 0. The van der Waals surface area contributed by atoms with E-state index in [2.05, 4.69) is 16.0 Å². The molecule has 25 heavy (non-hydrogen) atoms. The highest BCUT2D eigenvalue weighted by atomic mass is 16.2. The third kappa shape index (κ3) is 4.06. The minimum absolute atomic E-state index is 0.00443. The third-order valence-corrected chi connectivity index (χ3v) is 4.72. The lowest BCUT2D eigenvalue weighted by molar-refractivity contribution is -0.121. The molecule has 1 atom stereocenters. The van der Waals surface area contributed by atoms with Crippen LogP contribution in [0.5, 0.6) is 0 Å². The van der Waals surface area contributed by atoms with Crippen molar-refractivity contribution in [3.05, 3.63) is 59.7 Å². The Bertz CT molecular complexity index is 770. The Morgan fingerprint density at radius 3 is 2.44 bits per heavy atom. The smallest absolute Gasteiger partial charge is 0.255 e. The van der Waals surface area contributed by atoms with E-state index >= 15 is 0 Å². The summed E-state index contributed by atoms with van der Waals surface area (Å²) in [7, 11) is 0. The van der Waals surface area contributed by atoms with Gasteiger partial charge in [0.15, 0.2) is 0 Å². The van der Waals surface area contributed by atoms with Gasteiger partial charge < -0.3 is 16.0 Å². The highest BCUT2D eigenvalue weighted by Crippen LogP contribution is 2.22. The average molecular weight is 337 g/mol. The fourth-order valence-corrected chi connectivity index (χ4v) is 2.75. The Kier molecular flexibility index (Phi) is 5.14. The molecular weight excluding hydrogens is 314 g/mol. The number of nitrogens with one attached hydrogen (secondary N) is 3. The van der Waals surface area contributed by atoms with E-state index in [0.717, 1.165) is 24.3 Å². The lowest BCUT2D eigenvalue weighted by atomic mass is 9.88. The summed E-state index contributed by atoms with van der Waals surface area (Å²) in [6.45, 7) is 5.63. The first-order valence-corrected chi connectivity index (χ1v) is 8.53. The van der Waals surface area contributed by atoms with E-state index in [-0.39, 0.29) is 17.7 Å². The van der Waals surface area contributed by atoms with Gasteiger partial charge in [-0.1, -0.05) is 31.2 Å². The zero-order chi connectivity index (χ0) is 17.8. The molecule has 1 heterocycles. The Balaban J connectivity index is 1.71. The average Bonchev–Trinajstić information content (AvgIpc) is 2.56. The van der Waals surface area contributed by atoms with E-state index in [4.69, 9.17) is 0 Å². The van der Waals surface area contributed by atoms with Crippen LogP contribution in [0.3, 0.4) is 0 Å². The fourth-order valence-electron chi connectivity index (χ4n) is 2.75. The van der Waals surface area contributed by atoms with Crippen LogP contribution in [0.15, 0.2) is 48.5 Å². The van der Waals surface area contributed by atoms with Gasteiger partial charge in [-0.05, 0) is 55.8 Å². The Hall–Kier alpha value is -2.66. The summed E-state index contributed by atoms with van der Waals surface area (Å²) in [5.74, 6) is 0.125. The second-order valence-corrected chi connectivity index (χ2v) is 6.55. The summed E-state index contributed by atoms with van der Waals surface area (Å²) >= 11 is 0. The standard InChI is InChI=1S/C20H23N3O2/c1-13-8-9-15(20(25)22-17-6-4-3-5-7-17)10-18(13)23-19(24)14(2)16-11-21-12-16/h3-10,14,16,21H,11-12H2,1-2H3,(H,22,25)(H,23,24). The number of hydrogen-bond acceptors (Lipinski definition) is 3. The fraction of sp³-hybridized carbons (Fsp3) is 0.300. The molecule has 130 valence electrons. The highest BCUT2D eigenvalue weighted by molar-refractivity contribution is 6.05. The van der Waals surface area contributed by atoms with E-state index in [1.54, 1.807) is 12.1 Å². The number of anilines is 2. The van der Waals surface area contributed by atoms with E-state index in [9.17, 15) is 9.59 Å². The number of rotatable bonds is 5. The predicted molar refractivity (Wildman–Crippen MR) is 99.7 cm³/mol. The van der Waals surface area contributed by atoms with Crippen LogP contribution < -0.4 is 16.0 Å². The quantitative estimate of drug-likeness (QED) is 0.785. The maximum Gasteiger partial charge on any atom is 0.255 e. The number of para-hydroxylation sites is 1. The second kappa shape index (κ2) is 7.49. The first-order chi connectivity index (χ1) is 12.0. The van der Waals surface area contributed by atoms with Gasteiger partial charge in [-0.25, -0.2) is 0 Å². The van der Waals surface area contributed by atoms with Crippen LogP contribution in [0, 0.1) is 18.8 Å². The van der Waals surface area contributed by atoms with Gasteiger partial charge in [-0.2, -0.15) is 0 Å². The number of carbonyl (C=O) groups is 2. The molecule has 0 aliphatic carbocycles. The van der Waals surface area contributed by atoms with Gasteiger partial charge in [0.05, 0.1) is 0 Å². The molecular formula is C20H23N3O2. The molecule has 2 aromatic carbocycles. The van der Waals surface area contributed by atoms with E-state index in [1.165, 1.54) is 0 Å². The van der Waals surface area contributed by atoms with Crippen molar-refractivity contribution in [1.82, 2.24) is 5.32 Å². The van der Waals surface area contributed by atoms with Gasteiger partial charge in [-0.15, -0.1) is 0 Å².